The Bertz CT molecular complexity index is 248. The Morgan fingerprint density at radius 1 is 1.62 bits per heavy atom. The van der Waals surface area contributed by atoms with Crippen LogP contribution in [0.5, 0.6) is 0 Å². The smallest absolute Gasteiger partial charge is 0.299 e. The van der Waals surface area contributed by atoms with Crippen molar-refractivity contribution >= 4 is 19.9 Å². The van der Waals surface area contributed by atoms with Gasteiger partial charge >= 0.3 is 0 Å². The highest BCUT2D eigenvalue weighted by Crippen LogP contribution is 2.16. The van der Waals surface area contributed by atoms with E-state index in [2.05, 4.69) is 0 Å². The minimum absolute atomic E-state index is 0.285. The van der Waals surface area contributed by atoms with Crippen molar-refractivity contribution in [2.24, 2.45) is 5.92 Å². The third-order valence-corrected chi connectivity index (χ3v) is 3.74. The van der Waals surface area contributed by atoms with Crippen LogP contribution < -0.4 is 0 Å². The minimum Gasteiger partial charge on any atom is -0.381 e. The molecule has 0 radical (unpaired) electrons. The summed E-state index contributed by atoms with van der Waals surface area (Å²) in [6, 6.07) is 0. The first-order chi connectivity index (χ1) is 6.00. The Hall–Kier alpha value is 0.160. The SMILES string of the molecule is CN(CC1CCCOC1)S(=O)(=O)Cl. The molecule has 13 heavy (non-hydrogen) atoms. The van der Waals surface area contributed by atoms with Crippen LogP contribution in [0.4, 0.5) is 0 Å². The fraction of sp³-hybridized carbons (Fsp3) is 1.00. The summed E-state index contributed by atoms with van der Waals surface area (Å²) in [6.07, 6.45) is 2.01. The van der Waals surface area contributed by atoms with Crippen molar-refractivity contribution in [1.29, 1.82) is 0 Å². The first kappa shape index (κ1) is 11.2. The summed E-state index contributed by atoms with van der Waals surface area (Å²) in [5.74, 6) is 0.285. The summed E-state index contributed by atoms with van der Waals surface area (Å²) in [5.41, 5.74) is 0. The number of nitrogens with zero attached hydrogens (tertiary/aromatic N) is 1. The minimum atomic E-state index is -3.55. The second kappa shape index (κ2) is 4.59. The van der Waals surface area contributed by atoms with Crippen molar-refractivity contribution in [2.75, 3.05) is 26.8 Å². The van der Waals surface area contributed by atoms with E-state index in [1.54, 1.807) is 0 Å². The van der Waals surface area contributed by atoms with Gasteiger partial charge in [-0.3, -0.25) is 0 Å². The lowest BCUT2D eigenvalue weighted by molar-refractivity contribution is 0.0497. The highest BCUT2D eigenvalue weighted by molar-refractivity contribution is 8.11. The number of hydrogen-bond donors (Lipinski definition) is 0. The van der Waals surface area contributed by atoms with E-state index in [1.165, 1.54) is 7.05 Å². The standard InChI is InChI=1S/C7H14ClNO3S/c1-9(13(8,10)11)5-7-3-2-4-12-6-7/h7H,2-6H2,1H3. The molecule has 1 atom stereocenters. The van der Waals surface area contributed by atoms with E-state index in [9.17, 15) is 8.42 Å². The Labute approximate surface area is 83.4 Å². The van der Waals surface area contributed by atoms with Crippen LogP contribution in [-0.2, 0) is 14.0 Å². The maximum atomic E-state index is 10.9. The van der Waals surface area contributed by atoms with Crippen molar-refractivity contribution in [2.45, 2.75) is 12.8 Å². The van der Waals surface area contributed by atoms with Crippen LogP contribution in [0.3, 0.4) is 0 Å². The van der Waals surface area contributed by atoms with Gasteiger partial charge in [-0.05, 0) is 18.8 Å². The molecule has 1 rings (SSSR count). The van der Waals surface area contributed by atoms with Crippen LogP contribution in [-0.4, -0.2) is 39.5 Å². The zero-order valence-corrected chi connectivity index (χ0v) is 9.14. The third kappa shape index (κ3) is 3.81. The van der Waals surface area contributed by atoms with Crippen LogP contribution in [0.15, 0.2) is 0 Å². The lowest BCUT2D eigenvalue weighted by atomic mass is 10.0. The van der Waals surface area contributed by atoms with Gasteiger partial charge in [0.15, 0.2) is 0 Å². The van der Waals surface area contributed by atoms with Crippen LogP contribution in [0.2, 0.25) is 0 Å². The molecule has 0 spiro atoms. The Kier molecular flexibility index (Phi) is 3.97. The third-order valence-electron chi connectivity index (χ3n) is 2.14. The molecular formula is C7H14ClNO3S. The molecule has 0 N–H and O–H groups in total. The Balaban J connectivity index is 2.39. The van der Waals surface area contributed by atoms with E-state index in [0.717, 1.165) is 23.8 Å². The molecule has 4 nitrogen and oxygen atoms in total. The van der Waals surface area contributed by atoms with Crippen molar-refractivity contribution in [3.8, 4) is 0 Å². The predicted molar refractivity (Wildman–Crippen MR) is 50.9 cm³/mol. The van der Waals surface area contributed by atoms with Gasteiger partial charge in [-0.25, -0.2) is 0 Å². The van der Waals surface area contributed by atoms with Gasteiger partial charge in [0.2, 0.25) is 0 Å². The lowest BCUT2D eigenvalue weighted by Crippen LogP contribution is -2.32. The van der Waals surface area contributed by atoms with Crippen molar-refractivity contribution in [3.05, 3.63) is 0 Å². The summed E-state index contributed by atoms with van der Waals surface area (Å²) in [5, 5.41) is 0. The number of hydrogen-bond acceptors (Lipinski definition) is 3. The first-order valence-corrected chi connectivity index (χ1v) is 6.50. The van der Waals surface area contributed by atoms with Gasteiger partial charge in [0, 0.05) is 30.9 Å². The molecule has 1 unspecified atom stereocenters. The Morgan fingerprint density at radius 3 is 2.77 bits per heavy atom. The average Bonchev–Trinajstić information content (AvgIpc) is 2.04. The monoisotopic (exact) mass is 227 g/mol. The van der Waals surface area contributed by atoms with Crippen molar-refractivity contribution < 1.29 is 13.2 Å². The number of ether oxygens (including phenoxy) is 1. The van der Waals surface area contributed by atoms with Gasteiger partial charge in [-0.1, -0.05) is 0 Å². The maximum absolute atomic E-state index is 10.9. The number of halogens is 1. The topological polar surface area (TPSA) is 46.6 Å². The van der Waals surface area contributed by atoms with Crippen molar-refractivity contribution in [1.82, 2.24) is 4.31 Å². The molecule has 78 valence electrons. The fourth-order valence-electron chi connectivity index (χ4n) is 1.40. The largest absolute Gasteiger partial charge is 0.381 e. The molecule has 0 aromatic carbocycles. The normalized spacial score (nSPS) is 25.0. The second-order valence-corrected chi connectivity index (χ2v) is 5.92. The molecule has 1 heterocycles. The molecule has 1 saturated heterocycles. The van der Waals surface area contributed by atoms with Crippen LogP contribution in [0.25, 0.3) is 0 Å². The Morgan fingerprint density at radius 2 is 2.31 bits per heavy atom. The lowest BCUT2D eigenvalue weighted by Gasteiger charge is -2.24. The van der Waals surface area contributed by atoms with Gasteiger partial charge in [0.1, 0.15) is 0 Å². The van der Waals surface area contributed by atoms with E-state index >= 15 is 0 Å². The van der Waals surface area contributed by atoms with Gasteiger partial charge in [0.25, 0.3) is 9.24 Å². The molecule has 0 bridgehead atoms. The molecule has 0 aromatic heterocycles. The van der Waals surface area contributed by atoms with E-state index in [-0.39, 0.29) is 5.92 Å². The summed E-state index contributed by atoms with van der Waals surface area (Å²) in [7, 11) is 3.09. The van der Waals surface area contributed by atoms with Crippen LogP contribution >= 0.6 is 10.7 Å². The van der Waals surface area contributed by atoms with Gasteiger partial charge in [0.05, 0.1) is 6.61 Å². The average molecular weight is 228 g/mol. The van der Waals surface area contributed by atoms with Crippen LogP contribution in [0, 0.1) is 5.92 Å². The molecule has 1 aliphatic heterocycles. The summed E-state index contributed by atoms with van der Waals surface area (Å²) in [6.45, 7) is 1.87. The second-order valence-electron chi connectivity index (χ2n) is 3.31. The van der Waals surface area contributed by atoms with E-state index in [0.29, 0.717) is 13.2 Å². The predicted octanol–water partition coefficient (Wildman–Crippen LogP) is 0.828. The zero-order chi connectivity index (χ0) is 9.90. The summed E-state index contributed by atoms with van der Waals surface area (Å²) < 4.78 is 28.1. The fourth-order valence-corrected chi connectivity index (χ4v) is 1.96. The van der Waals surface area contributed by atoms with E-state index in [1.807, 2.05) is 0 Å². The van der Waals surface area contributed by atoms with Crippen LogP contribution in [0.1, 0.15) is 12.8 Å². The molecule has 0 aromatic rings. The van der Waals surface area contributed by atoms with E-state index in [4.69, 9.17) is 15.4 Å². The van der Waals surface area contributed by atoms with Gasteiger partial charge in [-0.2, -0.15) is 12.7 Å². The highest BCUT2D eigenvalue weighted by atomic mass is 35.7. The zero-order valence-electron chi connectivity index (χ0n) is 7.57. The quantitative estimate of drug-likeness (QED) is 0.671. The van der Waals surface area contributed by atoms with E-state index < -0.39 is 9.24 Å². The molecule has 0 aliphatic carbocycles. The molecule has 0 saturated carbocycles. The molecule has 1 aliphatic rings. The molecule has 1 fully saturated rings. The highest BCUT2D eigenvalue weighted by Gasteiger charge is 2.21. The van der Waals surface area contributed by atoms with Gasteiger partial charge in [-0.15, -0.1) is 0 Å². The van der Waals surface area contributed by atoms with Crippen molar-refractivity contribution in [3.63, 3.8) is 0 Å². The van der Waals surface area contributed by atoms with Gasteiger partial charge < -0.3 is 4.74 Å². The molecular weight excluding hydrogens is 214 g/mol. The maximum Gasteiger partial charge on any atom is 0.299 e. The number of rotatable bonds is 3. The molecule has 6 heteroatoms. The summed E-state index contributed by atoms with van der Waals surface area (Å²) in [4.78, 5) is 0. The summed E-state index contributed by atoms with van der Waals surface area (Å²) >= 11 is 0. The first-order valence-electron chi connectivity index (χ1n) is 4.24. The molecule has 0 amide bonds.